The minimum absolute atomic E-state index is 0.0512. The third kappa shape index (κ3) is 4.26. The SMILES string of the molecule is O=C(NCc1ccc(-c2nc(-c3ccccc3)cs2)cc1)c1ccccc1[N+](=O)[O-]. The smallest absolute Gasteiger partial charge is 0.282 e. The number of carbonyl (C=O) groups excluding carboxylic acids is 1. The van der Waals surface area contributed by atoms with Crippen LogP contribution in [-0.2, 0) is 6.54 Å². The van der Waals surface area contributed by atoms with Crippen LogP contribution in [0.25, 0.3) is 21.8 Å². The molecule has 1 N–H and O–H groups in total. The predicted molar refractivity (Wildman–Crippen MR) is 117 cm³/mol. The number of rotatable bonds is 6. The highest BCUT2D eigenvalue weighted by atomic mass is 32.1. The predicted octanol–water partition coefficient (Wildman–Crippen LogP) is 5.32. The standard InChI is InChI=1S/C23H17N3O3S/c27-22(19-8-4-5-9-21(19)26(28)29)24-14-16-10-12-18(13-11-16)23-25-20(15-30-23)17-6-2-1-3-7-17/h1-13,15H,14H2,(H,24,27). The average molecular weight is 415 g/mol. The average Bonchev–Trinajstić information content (AvgIpc) is 3.29. The molecule has 0 aliphatic rings. The van der Waals surface area contributed by atoms with Crippen molar-refractivity contribution in [1.29, 1.82) is 0 Å². The first kappa shape index (κ1) is 19.5. The molecule has 0 aliphatic carbocycles. The van der Waals surface area contributed by atoms with Gasteiger partial charge in [0.05, 0.1) is 10.6 Å². The van der Waals surface area contributed by atoms with Crippen LogP contribution in [0.5, 0.6) is 0 Å². The van der Waals surface area contributed by atoms with Crippen LogP contribution in [0.1, 0.15) is 15.9 Å². The maximum absolute atomic E-state index is 12.3. The summed E-state index contributed by atoms with van der Waals surface area (Å²) < 4.78 is 0. The Morgan fingerprint density at radius 1 is 0.933 bits per heavy atom. The van der Waals surface area contributed by atoms with Gasteiger partial charge in [0.25, 0.3) is 11.6 Å². The second-order valence-electron chi connectivity index (χ2n) is 6.56. The third-order valence-corrected chi connectivity index (χ3v) is 5.46. The van der Waals surface area contributed by atoms with Crippen LogP contribution in [0.2, 0.25) is 0 Å². The Kier molecular flexibility index (Phi) is 5.63. The van der Waals surface area contributed by atoms with Crippen molar-refractivity contribution in [2.45, 2.75) is 6.54 Å². The van der Waals surface area contributed by atoms with Gasteiger partial charge >= 0.3 is 0 Å². The first-order chi connectivity index (χ1) is 14.6. The molecule has 0 aliphatic heterocycles. The lowest BCUT2D eigenvalue weighted by atomic mass is 10.1. The van der Waals surface area contributed by atoms with Gasteiger partial charge in [-0.15, -0.1) is 11.3 Å². The molecule has 6 nitrogen and oxygen atoms in total. The topological polar surface area (TPSA) is 85.1 Å². The number of nitro benzene ring substituents is 1. The number of nitro groups is 1. The number of amides is 1. The summed E-state index contributed by atoms with van der Waals surface area (Å²) in [6.45, 7) is 0.276. The minimum Gasteiger partial charge on any atom is -0.348 e. The second-order valence-corrected chi connectivity index (χ2v) is 7.42. The van der Waals surface area contributed by atoms with Gasteiger partial charge in [-0.1, -0.05) is 66.7 Å². The van der Waals surface area contributed by atoms with E-state index in [0.717, 1.165) is 27.4 Å². The molecule has 0 spiro atoms. The summed E-state index contributed by atoms with van der Waals surface area (Å²) in [5, 5.41) is 16.8. The van der Waals surface area contributed by atoms with Gasteiger partial charge in [0, 0.05) is 29.1 Å². The molecular formula is C23H17N3O3S. The molecule has 1 heterocycles. The summed E-state index contributed by atoms with van der Waals surface area (Å²) in [5.74, 6) is -0.473. The van der Waals surface area contributed by atoms with Crippen LogP contribution in [0.3, 0.4) is 0 Å². The quantitative estimate of drug-likeness (QED) is 0.341. The van der Waals surface area contributed by atoms with E-state index in [1.165, 1.54) is 18.2 Å². The number of nitrogens with one attached hydrogen (secondary N) is 1. The Hall–Kier alpha value is -3.84. The summed E-state index contributed by atoms with van der Waals surface area (Å²) in [5.41, 5.74) is 3.76. The molecule has 0 fully saturated rings. The molecule has 1 amide bonds. The zero-order valence-corrected chi connectivity index (χ0v) is 16.6. The molecule has 3 aromatic carbocycles. The van der Waals surface area contributed by atoms with Crippen molar-refractivity contribution in [3.63, 3.8) is 0 Å². The van der Waals surface area contributed by atoms with E-state index < -0.39 is 10.8 Å². The molecule has 0 saturated carbocycles. The molecule has 0 radical (unpaired) electrons. The van der Waals surface area contributed by atoms with Gasteiger partial charge in [-0.3, -0.25) is 14.9 Å². The van der Waals surface area contributed by atoms with Crippen molar-refractivity contribution in [1.82, 2.24) is 10.3 Å². The molecule has 4 aromatic rings. The van der Waals surface area contributed by atoms with Gasteiger partial charge in [0.1, 0.15) is 10.6 Å². The number of hydrogen-bond donors (Lipinski definition) is 1. The van der Waals surface area contributed by atoms with Gasteiger partial charge in [-0.2, -0.15) is 0 Å². The van der Waals surface area contributed by atoms with Gasteiger partial charge in [-0.25, -0.2) is 4.98 Å². The molecule has 30 heavy (non-hydrogen) atoms. The van der Waals surface area contributed by atoms with Crippen LogP contribution in [0.4, 0.5) is 5.69 Å². The van der Waals surface area contributed by atoms with Crippen molar-refractivity contribution < 1.29 is 9.72 Å². The first-order valence-corrected chi connectivity index (χ1v) is 10.1. The van der Waals surface area contributed by atoms with E-state index in [9.17, 15) is 14.9 Å². The lowest BCUT2D eigenvalue weighted by Crippen LogP contribution is -2.23. The van der Waals surface area contributed by atoms with E-state index in [4.69, 9.17) is 4.98 Å². The zero-order chi connectivity index (χ0) is 20.9. The monoisotopic (exact) mass is 415 g/mol. The van der Waals surface area contributed by atoms with E-state index in [-0.39, 0.29) is 17.8 Å². The van der Waals surface area contributed by atoms with E-state index in [1.54, 1.807) is 17.4 Å². The van der Waals surface area contributed by atoms with Crippen LogP contribution >= 0.6 is 11.3 Å². The van der Waals surface area contributed by atoms with Crippen molar-refractivity contribution in [3.8, 4) is 21.8 Å². The Labute approximate surface area is 177 Å². The fraction of sp³-hybridized carbons (Fsp3) is 0.0435. The number of aromatic nitrogens is 1. The summed E-state index contributed by atoms with van der Waals surface area (Å²) in [6, 6.07) is 23.7. The molecule has 148 valence electrons. The largest absolute Gasteiger partial charge is 0.348 e. The lowest BCUT2D eigenvalue weighted by Gasteiger charge is -2.06. The summed E-state index contributed by atoms with van der Waals surface area (Å²) in [7, 11) is 0. The fourth-order valence-electron chi connectivity index (χ4n) is 3.02. The van der Waals surface area contributed by atoms with Crippen molar-refractivity contribution in [2.24, 2.45) is 0 Å². The maximum atomic E-state index is 12.3. The van der Waals surface area contributed by atoms with Crippen LogP contribution in [-0.4, -0.2) is 15.8 Å². The number of para-hydroxylation sites is 1. The summed E-state index contributed by atoms with van der Waals surface area (Å²) in [6.07, 6.45) is 0. The number of carbonyl (C=O) groups is 1. The Balaban J connectivity index is 1.43. The summed E-state index contributed by atoms with van der Waals surface area (Å²) in [4.78, 5) is 27.6. The molecule has 0 saturated heterocycles. The van der Waals surface area contributed by atoms with Crippen LogP contribution in [0, 0.1) is 10.1 Å². The number of hydrogen-bond acceptors (Lipinski definition) is 5. The molecule has 4 rings (SSSR count). The summed E-state index contributed by atoms with van der Waals surface area (Å²) >= 11 is 1.58. The third-order valence-electron chi connectivity index (χ3n) is 4.57. The highest BCUT2D eigenvalue weighted by molar-refractivity contribution is 7.13. The minimum atomic E-state index is -0.554. The second kappa shape index (κ2) is 8.67. The number of thiazole rings is 1. The lowest BCUT2D eigenvalue weighted by molar-refractivity contribution is -0.385. The van der Waals surface area contributed by atoms with Gasteiger partial charge < -0.3 is 5.32 Å². The normalized spacial score (nSPS) is 10.5. The molecule has 7 heteroatoms. The van der Waals surface area contributed by atoms with E-state index in [0.29, 0.717) is 0 Å². The fourth-order valence-corrected chi connectivity index (χ4v) is 3.85. The van der Waals surface area contributed by atoms with Crippen molar-refractivity contribution >= 4 is 22.9 Å². The molecule has 1 aromatic heterocycles. The molecular weight excluding hydrogens is 398 g/mol. The van der Waals surface area contributed by atoms with Crippen molar-refractivity contribution in [2.75, 3.05) is 0 Å². The first-order valence-electron chi connectivity index (χ1n) is 9.24. The van der Waals surface area contributed by atoms with Gasteiger partial charge in [0.15, 0.2) is 0 Å². The Bertz CT molecular complexity index is 1190. The molecule has 0 atom stereocenters. The molecule has 0 bridgehead atoms. The number of benzene rings is 3. The number of nitrogens with zero attached hydrogens (tertiary/aromatic N) is 2. The van der Waals surface area contributed by atoms with Crippen molar-refractivity contribution in [3.05, 3.63) is 105 Å². The zero-order valence-electron chi connectivity index (χ0n) is 15.8. The highest BCUT2D eigenvalue weighted by Crippen LogP contribution is 2.29. The van der Waals surface area contributed by atoms with Gasteiger partial charge in [0.2, 0.25) is 0 Å². The van der Waals surface area contributed by atoms with Crippen LogP contribution in [0.15, 0.2) is 84.2 Å². The van der Waals surface area contributed by atoms with Gasteiger partial charge in [-0.05, 0) is 11.6 Å². The highest BCUT2D eigenvalue weighted by Gasteiger charge is 2.18. The Morgan fingerprint density at radius 3 is 2.37 bits per heavy atom. The Morgan fingerprint density at radius 2 is 1.63 bits per heavy atom. The van der Waals surface area contributed by atoms with Crippen LogP contribution < -0.4 is 5.32 Å². The molecule has 0 unspecified atom stereocenters. The maximum Gasteiger partial charge on any atom is 0.282 e. The van der Waals surface area contributed by atoms with E-state index >= 15 is 0 Å². The van der Waals surface area contributed by atoms with E-state index in [2.05, 4.69) is 5.32 Å². The van der Waals surface area contributed by atoms with E-state index in [1.807, 2.05) is 60.0 Å².